The van der Waals surface area contributed by atoms with E-state index in [2.05, 4.69) is 22.3 Å². The zero-order valence-electron chi connectivity index (χ0n) is 14.6. The lowest BCUT2D eigenvalue weighted by Gasteiger charge is -2.31. The van der Waals surface area contributed by atoms with E-state index in [4.69, 9.17) is 9.15 Å². The van der Waals surface area contributed by atoms with Crippen LogP contribution in [0.3, 0.4) is 0 Å². The van der Waals surface area contributed by atoms with Crippen LogP contribution in [0.15, 0.2) is 34.7 Å². The van der Waals surface area contributed by atoms with Gasteiger partial charge in [0.05, 0.1) is 13.2 Å². The average Bonchev–Trinajstić information content (AvgIpc) is 3.29. The Labute approximate surface area is 147 Å². The van der Waals surface area contributed by atoms with Gasteiger partial charge in [0.25, 0.3) is 0 Å². The maximum absolute atomic E-state index is 12.8. The van der Waals surface area contributed by atoms with Crippen molar-refractivity contribution in [3.8, 4) is 0 Å². The number of hydrogen-bond donors (Lipinski definition) is 0. The van der Waals surface area contributed by atoms with Crippen LogP contribution < -0.4 is 0 Å². The molecule has 0 spiro atoms. The highest BCUT2D eigenvalue weighted by Gasteiger charge is 2.46. The molecule has 1 aromatic carbocycles. The maximum atomic E-state index is 12.8. The molecule has 1 aromatic heterocycles. The van der Waals surface area contributed by atoms with Crippen molar-refractivity contribution in [3.05, 3.63) is 47.7 Å². The van der Waals surface area contributed by atoms with Gasteiger partial charge in [-0.25, -0.2) is 0 Å². The van der Waals surface area contributed by atoms with Gasteiger partial charge in [-0.05, 0) is 17.9 Å². The van der Waals surface area contributed by atoms with E-state index in [1.54, 1.807) is 0 Å². The molecule has 2 heterocycles. The van der Waals surface area contributed by atoms with Crippen molar-refractivity contribution >= 4 is 5.91 Å². The first-order valence-electron chi connectivity index (χ1n) is 8.92. The van der Waals surface area contributed by atoms with E-state index in [0.29, 0.717) is 37.4 Å². The summed E-state index contributed by atoms with van der Waals surface area (Å²) in [5.41, 5.74) is 1.25. The molecule has 6 heteroatoms. The lowest BCUT2D eigenvalue weighted by Crippen LogP contribution is -2.43. The number of carbonyl (C=O) groups is 1. The molecule has 0 unspecified atom stereocenters. The fraction of sp³-hybridized carbons (Fsp3) is 0.526. The summed E-state index contributed by atoms with van der Waals surface area (Å²) in [5, 5.41) is 8.16. The highest BCUT2D eigenvalue weighted by atomic mass is 16.5. The average molecular weight is 341 g/mol. The van der Waals surface area contributed by atoms with Crippen LogP contribution in [0.1, 0.15) is 55.6 Å². The van der Waals surface area contributed by atoms with Gasteiger partial charge in [0.15, 0.2) is 6.10 Å². The Kier molecular flexibility index (Phi) is 4.29. The largest absolute Gasteiger partial charge is 0.422 e. The lowest BCUT2D eigenvalue weighted by molar-refractivity contribution is -0.141. The number of morpholine rings is 1. The van der Waals surface area contributed by atoms with Crippen LogP contribution in [0.4, 0.5) is 0 Å². The number of rotatable bonds is 4. The zero-order valence-corrected chi connectivity index (χ0v) is 14.6. The van der Waals surface area contributed by atoms with Crippen LogP contribution >= 0.6 is 0 Å². The van der Waals surface area contributed by atoms with E-state index < -0.39 is 0 Å². The first-order chi connectivity index (χ1) is 12.1. The van der Waals surface area contributed by atoms with E-state index in [9.17, 15) is 4.79 Å². The maximum Gasteiger partial charge on any atom is 0.247 e. The van der Waals surface area contributed by atoms with E-state index in [1.165, 1.54) is 5.56 Å². The van der Waals surface area contributed by atoms with Gasteiger partial charge in [-0.15, -0.1) is 10.2 Å². The fourth-order valence-corrected chi connectivity index (χ4v) is 3.38. The number of amides is 1. The van der Waals surface area contributed by atoms with Gasteiger partial charge >= 0.3 is 0 Å². The molecule has 25 heavy (non-hydrogen) atoms. The van der Waals surface area contributed by atoms with E-state index in [-0.39, 0.29) is 23.8 Å². The summed E-state index contributed by atoms with van der Waals surface area (Å²) >= 11 is 0. The third-order valence-electron chi connectivity index (χ3n) is 4.94. The van der Waals surface area contributed by atoms with Crippen LogP contribution in [-0.4, -0.2) is 40.7 Å². The van der Waals surface area contributed by atoms with Crippen molar-refractivity contribution in [2.75, 3.05) is 19.7 Å². The highest BCUT2D eigenvalue weighted by Crippen LogP contribution is 2.48. The number of nitrogens with zero attached hydrogens (tertiary/aromatic N) is 3. The number of carbonyl (C=O) groups excluding carboxylic acids is 1. The number of aromatic nitrogens is 2. The van der Waals surface area contributed by atoms with E-state index >= 15 is 0 Å². The van der Waals surface area contributed by atoms with Crippen molar-refractivity contribution in [2.24, 2.45) is 5.92 Å². The molecular weight excluding hydrogens is 318 g/mol. The molecule has 132 valence electrons. The van der Waals surface area contributed by atoms with Gasteiger partial charge in [0.2, 0.25) is 17.7 Å². The molecule has 1 saturated carbocycles. The predicted molar refractivity (Wildman–Crippen MR) is 91.0 cm³/mol. The minimum atomic E-state index is -0.327. The Morgan fingerprint density at radius 3 is 2.76 bits per heavy atom. The molecule has 1 amide bonds. The summed E-state index contributed by atoms with van der Waals surface area (Å²) in [7, 11) is 0. The first kappa shape index (κ1) is 16.3. The molecule has 2 aromatic rings. The Bertz CT molecular complexity index is 743. The minimum absolute atomic E-state index is 0.0926. The molecular formula is C19H23N3O3. The standard InChI is InChI=1S/C19H23N3O3/c1-12(2)17-20-21-18(25-17)16-11-22(8-9-24-16)19(23)15-10-14(15)13-6-4-3-5-7-13/h3-7,12,14-16H,8-11H2,1-2H3/t14-,15-,16-/m0/s1. The highest BCUT2D eigenvalue weighted by molar-refractivity contribution is 5.83. The van der Waals surface area contributed by atoms with Crippen LogP contribution in [0.5, 0.6) is 0 Å². The second-order valence-corrected chi connectivity index (χ2v) is 7.14. The summed E-state index contributed by atoms with van der Waals surface area (Å²) in [5.74, 6) is 1.91. The number of ether oxygens (including phenoxy) is 1. The third-order valence-corrected chi connectivity index (χ3v) is 4.94. The molecule has 0 N–H and O–H groups in total. The van der Waals surface area contributed by atoms with Crippen molar-refractivity contribution in [2.45, 2.75) is 38.2 Å². The van der Waals surface area contributed by atoms with Crippen LogP contribution in [-0.2, 0) is 9.53 Å². The second-order valence-electron chi connectivity index (χ2n) is 7.14. The topological polar surface area (TPSA) is 68.5 Å². The smallest absolute Gasteiger partial charge is 0.247 e. The minimum Gasteiger partial charge on any atom is -0.422 e. The monoisotopic (exact) mass is 341 g/mol. The van der Waals surface area contributed by atoms with Crippen molar-refractivity contribution in [1.29, 1.82) is 0 Å². The third kappa shape index (κ3) is 3.31. The Morgan fingerprint density at radius 2 is 2.04 bits per heavy atom. The van der Waals surface area contributed by atoms with Gasteiger partial charge in [-0.2, -0.15) is 0 Å². The molecule has 1 aliphatic carbocycles. The van der Waals surface area contributed by atoms with Crippen molar-refractivity contribution in [1.82, 2.24) is 15.1 Å². The molecule has 0 bridgehead atoms. The molecule has 3 atom stereocenters. The summed E-state index contributed by atoms with van der Waals surface area (Å²) in [6.07, 6.45) is 0.606. The normalized spacial score (nSPS) is 26.0. The summed E-state index contributed by atoms with van der Waals surface area (Å²) in [4.78, 5) is 14.7. The molecule has 4 rings (SSSR count). The van der Waals surface area contributed by atoms with Gasteiger partial charge in [-0.3, -0.25) is 4.79 Å². The summed E-state index contributed by atoms with van der Waals surface area (Å²) < 4.78 is 11.5. The Balaban J connectivity index is 1.40. The molecule has 2 fully saturated rings. The van der Waals surface area contributed by atoms with Gasteiger partial charge in [-0.1, -0.05) is 44.2 Å². The molecule has 6 nitrogen and oxygen atoms in total. The lowest BCUT2D eigenvalue weighted by atomic mass is 10.1. The number of hydrogen-bond acceptors (Lipinski definition) is 5. The predicted octanol–water partition coefficient (Wildman–Crippen LogP) is 2.90. The zero-order chi connectivity index (χ0) is 17.4. The van der Waals surface area contributed by atoms with Gasteiger partial charge < -0.3 is 14.1 Å². The van der Waals surface area contributed by atoms with Crippen molar-refractivity contribution in [3.63, 3.8) is 0 Å². The van der Waals surface area contributed by atoms with E-state index in [1.807, 2.05) is 36.9 Å². The molecule has 0 radical (unpaired) electrons. The van der Waals surface area contributed by atoms with Crippen molar-refractivity contribution < 1.29 is 13.9 Å². The quantitative estimate of drug-likeness (QED) is 0.855. The van der Waals surface area contributed by atoms with Crippen LogP contribution in [0.2, 0.25) is 0 Å². The number of benzene rings is 1. The summed E-state index contributed by atoms with van der Waals surface area (Å²) in [6.45, 7) is 5.62. The molecule has 1 saturated heterocycles. The first-order valence-corrected chi connectivity index (χ1v) is 8.92. The van der Waals surface area contributed by atoms with Gasteiger partial charge in [0, 0.05) is 18.4 Å². The molecule has 2 aliphatic rings. The Morgan fingerprint density at radius 1 is 1.24 bits per heavy atom. The van der Waals surface area contributed by atoms with Gasteiger partial charge in [0.1, 0.15) is 0 Å². The Hall–Kier alpha value is -2.21. The summed E-state index contributed by atoms with van der Waals surface area (Å²) in [6, 6.07) is 10.3. The fourth-order valence-electron chi connectivity index (χ4n) is 3.38. The van der Waals surface area contributed by atoms with Crippen LogP contribution in [0.25, 0.3) is 0 Å². The molecule has 1 aliphatic heterocycles. The van der Waals surface area contributed by atoms with Crippen LogP contribution in [0, 0.1) is 5.92 Å². The second kappa shape index (κ2) is 6.59. The SMILES string of the molecule is CC(C)c1nnc([C@@H]2CN(C(=O)[C@H]3C[C@H]3c3ccccc3)CCO2)o1. The van der Waals surface area contributed by atoms with E-state index in [0.717, 1.165) is 6.42 Å².